The van der Waals surface area contributed by atoms with Gasteiger partial charge in [-0.05, 0) is 23.3 Å². The molecule has 0 bridgehead atoms. The predicted octanol–water partition coefficient (Wildman–Crippen LogP) is 3.05. The largest absolute Gasteiger partial charge is 0.454 e. The number of benzene rings is 2. The van der Waals surface area contributed by atoms with Gasteiger partial charge in [0, 0.05) is 6.42 Å². The summed E-state index contributed by atoms with van der Waals surface area (Å²) in [5.41, 5.74) is 15.3. The molecule has 1 unspecified atom stereocenters. The van der Waals surface area contributed by atoms with Crippen LogP contribution in [-0.2, 0) is 0 Å². The van der Waals surface area contributed by atoms with E-state index >= 15 is 0 Å². The van der Waals surface area contributed by atoms with E-state index in [2.05, 4.69) is 15.3 Å². The Morgan fingerprint density at radius 3 is 2.64 bits per heavy atom. The van der Waals surface area contributed by atoms with Crippen molar-refractivity contribution in [3.8, 4) is 11.5 Å². The Balaban J connectivity index is 1.63. The van der Waals surface area contributed by atoms with Gasteiger partial charge >= 0.3 is 0 Å². The smallest absolute Gasteiger partial charge is 0.231 e. The molecule has 0 aliphatic carbocycles. The highest BCUT2D eigenvalue weighted by atomic mass is 16.7. The molecule has 0 radical (unpaired) electrons. The first kappa shape index (κ1) is 16.4. The molecule has 0 fully saturated rings. The summed E-state index contributed by atoms with van der Waals surface area (Å²) in [7, 11) is 0. The highest BCUT2D eigenvalue weighted by Crippen LogP contribution is 2.40. The average Bonchev–Trinajstić information content (AvgIpc) is 3.08. The van der Waals surface area contributed by atoms with E-state index in [1.54, 1.807) is 0 Å². The summed E-state index contributed by atoms with van der Waals surface area (Å²) in [4.78, 5) is 13.2. The SMILES string of the molecule is Nc1nc(N)c2c(n1)NC(c1ccc3c(c1)OCO3)CC(c1ccccc1)=N2. The summed E-state index contributed by atoms with van der Waals surface area (Å²) >= 11 is 0. The zero-order valence-corrected chi connectivity index (χ0v) is 14.9. The Labute approximate surface area is 161 Å². The third-order valence-corrected chi connectivity index (χ3v) is 4.79. The lowest BCUT2D eigenvalue weighted by atomic mass is 9.97. The lowest BCUT2D eigenvalue weighted by Gasteiger charge is -2.19. The molecular weight excluding hydrogens is 356 g/mol. The van der Waals surface area contributed by atoms with Crippen LogP contribution in [0, 0.1) is 0 Å². The second-order valence-electron chi connectivity index (χ2n) is 6.60. The van der Waals surface area contributed by atoms with Crippen molar-refractivity contribution >= 4 is 29.0 Å². The van der Waals surface area contributed by atoms with E-state index in [1.165, 1.54) is 0 Å². The van der Waals surface area contributed by atoms with E-state index < -0.39 is 0 Å². The van der Waals surface area contributed by atoms with Gasteiger partial charge in [0.15, 0.2) is 23.1 Å². The van der Waals surface area contributed by atoms with Crippen LogP contribution in [0.2, 0.25) is 0 Å². The normalized spacial score (nSPS) is 17.3. The van der Waals surface area contributed by atoms with Gasteiger partial charge in [-0.15, -0.1) is 0 Å². The molecule has 0 spiro atoms. The Kier molecular flexibility index (Phi) is 3.75. The van der Waals surface area contributed by atoms with Crippen LogP contribution in [0.1, 0.15) is 23.6 Å². The molecule has 1 atom stereocenters. The quantitative estimate of drug-likeness (QED) is 0.630. The van der Waals surface area contributed by atoms with Crippen molar-refractivity contribution in [3.05, 3.63) is 59.7 Å². The zero-order valence-electron chi connectivity index (χ0n) is 14.9. The van der Waals surface area contributed by atoms with Gasteiger partial charge in [0.05, 0.1) is 11.8 Å². The summed E-state index contributed by atoms with van der Waals surface area (Å²) in [6.45, 7) is 0.233. The third-order valence-electron chi connectivity index (χ3n) is 4.79. The highest BCUT2D eigenvalue weighted by Gasteiger charge is 2.25. The van der Waals surface area contributed by atoms with Gasteiger partial charge in [0.25, 0.3) is 0 Å². The van der Waals surface area contributed by atoms with Gasteiger partial charge < -0.3 is 26.3 Å². The number of hydrogen-bond acceptors (Lipinski definition) is 8. The van der Waals surface area contributed by atoms with Gasteiger partial charge in [-0.1, -0.05) is 36.4 Å². The minimum absolute atomic E-state index is 0.103. The molecule has 2 aromatic carbocycles. The minimum atomic E-state index is -0.108. The molecule has 28 heavy (non-hydrogen) atoms. The van der Waals surface area contributed by atoms with Crippen molar-refractivity contribution < 1.29 is 9.47 Å². The molecule has 140 valence electrons. The Bertz CT molecular complexity index is 1080. The highest BCUT2D eigenvalue weighted by molar-refractivity contribution is 6.04. The Morgan fingerprint density at radius 1 is 0.964 bits per heavy atom. The first-order valence-electron chi connectivity index (χ1n) is 8.89. The van der Waals surface area contributed by atoms with Crippen LogP contribution < -0.4 is 26.3 Å². The van der Waals surface area contributed by atoms with Gasteiger partial charge in [-0.25, -0.2) is 4.99 Å². The van der Waals surface area contributed by atoms with Crippen LogP contribution in [0.3, 0.4) is 0 Å². The molecule has 5 rings (SSSR count). The molecule has 3 aromatic rings. The first-order chi connectivity index (χ1) is 13.7. The fourth-order valence-corrected chi connectivity index (χ4v) is 3.44. The van der Waals surface area contributed by atoms with Crippen LogP contribution in [0.5, 0.6) is 11.5 Å². The zero-order chi connectivity index (χ0) is 19.1. The number of nitrogen functional groups attached to an aromatic ring is 2. The summed E-state index contributed by atoms with van der Waals surface area (Å²) < 4.78 is 11.0. The monoisotopic (exact) mass is 374 g/mol. The van der Waals surface area contributed by atoms with Gasteiger partial charge in [0.1, 0.15) is 5.69 Å². The second-order valence-corrected chi connectivity index (χ2v) is 6.60. The molecular formula is C20H18N6O2. The number of aliphatic imine (C=N–C) groups is 1. The number of nitrogens with two attached hydrogens (primary N) is 2. The van der Waals surface area contributed by atoms with Crippen LogP contribution in [0.25, 0.3) is 0 Å². The van der Waals surface area contributed by atoms with Crippen molar-refractivity contribution in [3.63, 3.8) is 0 Å². The molecule has 0 saturated heterocycles. The summed E-state index contributed by atoms with van der Waals surface area (Å²) in [5, 5.41) is 3.43. The standard InChI is InChI=1S/C20H18N6O2/c21-18-17-19(26-20(22)25-18)24-14(9-13(23-17)11-4-2-1-3-5-11)12-6-7-15-16(8-12)28-10-27-15/h1-8,14H,9-10H2,(H5,21,22,24,25,26). The van der Waals surface area contributed by atoms with Crippen molar-refractivity contribution in [2.24, 2.45) is 4.99 Å². The average molecular weight is 374 g/mol. The van der Waals surface area contributed by atoms with Gasteiger partial charge in [-0.2, -0.15) is 9.97 Å². The van der Waals surface area contributed by atoms with Crippen LogP contribution in [-0.4, -0.2) is 22.5 Å². The summed E-state index contributed by atoms with van der Waals surface area (Å²) in [6, 6.07) is 15.8. The molecule has 1 aromatic heterocycles. The molecule has 8 nitrogen and oxygen atoms in total. The maximum atomic E-state index is 6.10. The lowest BCUT2D eigenvalue weighted by Crippen LogP contribution is -2.15. The lowest BCUT2D eigenvalue weighted by molar-refractivity contribution is 0.174. The van der Waals surface area contributed by atoms with Gasteiger partial charge in [-0.3, -0.25) is 0 Å². The summed E-state index contributed by atoms with van der Waals surface area (Å²) in [5.74, 6) is 2.33. The maximum Gasteiger partial charge on any atom is 0.231 e. The summed E-state index contributed by atoms with van der Waals surface area (Å²) in [6.07, 6.45) is 0.624. The van der Waals surface area contributed by atoms with E-state index in [4.69, 9.17) is 25.9 Å². The van der Waals surface area contributed by atoms with Crippen LogP contribution in [0.4, 0.5) is 23.3 Å². The number of rotatable bonds is 2. The number of nitrogens with one attached hydrogen (secondary N) is 1. The molecule has 0 amide bonds. The maximum absolute atomic E-state index is 6.10. The first-order valence-corrected chi connectivity index (χ1v) is 8.89. The van der Waals surface area contributed by atoms with E-state index in [1.807, 2.05) is 48.5 Å². The van der Waals surface area contributed by atoms with Crippen molar-refractivity contribution in [1.29, 1.82) is 0 Å². The Morgan fingerprint density at radius 2 is 1.79 bits per heavy atom. The molecule has 8 heteroatoms. The van der Waals surface area contributed by atoms with Crippen molar-refractivity contribution in [2.75, 3.05) is 23.6 Å². The number of nitrogens with zero attached hydrogens (tertiary/aromatic N) is 3. The van der Waals surface area contributed by atoms with Crippen molar-refractivity contribution in [2.45, 2.75) is 12.5 Å². The molecule has 2 aliphatic rings. The van der Waals surface area contributed by atoms with Crippen LogP contribution >= 0.6 is 0 Å². The van der Waals surface area contributed by atoms with E-state index in [9.17, 15) is 0 Å². The van der Waals surface area contributed by atoms with Crippen molar-refractivity contribution in [1.82, 2.24) is 9.97 Å². The third kappa shape index (κ3) is 2.84. The van der Waals surface area contributed by atoms with E-state index in [-0.39, 0.29) is 24.6 Å². The second kappa shape index (κ2) is 6.41. The topological polar surface area (TPSA) is 121 Å². The molecule has 0 saturated carbocycles. The number of ether oxygens (including phenoxy) is 2. The van der Waals surface area contributed by atoms with Gasteiger partial charge in [0.2, 0.25) is 12.7 Å². The number of aromatic nitrogens is 2. The number of anilines is 3. The Hall–Kier alpha value is -3.81. The molecule has 5 N–H and O–H groups in total. The van der Waals surface area contributed by atoms with E-state index in [0.29, 0.717) is 17.9 Å². The predicted molar refractivity (Wildman–Crippen MR) is 107 cm³/mol. The number of fused-ring (bicyclic) bond motifs is 2. The van der Waals surface area contributed by atoms with E-state index in [0.717, 1.165) is 28.3 Å². The molecule has 3 heterocycles. The number of hydrogen-bond donors (Lipinski definition) is 3. The fraction of sp³-hybridized carbons (Fsp3) is 0.150. The minimum Gasteiger partial charge on any atom is -0.454 e. The van der Waals surface area contributed by atoms with Crippen LogP contribution in [0.15, 0.2) is 53.5 Å². The fourth-order valence-electron chi connectivity index (χ4n) is 3.44. The molecule has 2 aliphatic heterocycles.